The molecule has 0 spiro atoms. The number of aliphatic hydroxyl groups is 1. The monoisotopic (exact) mass is 420 g/mol. The average molecular weight is 421 g/mol. The summed E-state index contributed by atoms with van der Waals surface area (Å²) in [5.41, 5.74) is 0. The fourth-order valence-corrected chi connectivity index (χ4v) is 4.07. The maximum Gasteiger partial charge on any atom is 0.267 e. The van der Waals surface area contributed by atoms with Crippen molar-refractivity contribution in [3.63, 3.8) is 0 Å². The lowest BCUT2D eigenvalue weighted by Crippen LogP contribution is -2.28. The number of carbonyl (C=O) groups excluding carboxylic acids is 1. The van der Waals surface area contributed by atoms with Crippen LogP contribution in [0.3, 0.4) is 0 Å². The Hall–Kier alpha value is -0.460. The molecule has 0 aliphatic rings. The number of Topliss-reactive ketones (excluding diaryl/α,β-unsaturated/α-hetero) is 1. The Morgan fingerprint density at radius 3 is 1.32 bits per heavy atom. The molecule has 28 heavy (non-hydrogen) atoms. The van der Waals surface area contributed by atoms with E-state index in [-0.39, 0.29) is 6.42 Å². The lowest BCUT2D eigenvalue weighted by Gasteiger charge is -2.07. The third kappa shape index (κ3) is 20.3. The number of hydrogen-bond acceptors (Lipinski definition) is 4. The van der Waals surface area contributed by atoms with Gasteiger partial charge in [0.15, 0.2) is 5.78 Å². The van der Waals surface area contributed by atoms with Crippen molar-refractivity contribution in [2.24, 2.45) is 0 Å². The van der Waals surface area contributed by atoms with Gasteiger partial charge in [-0.15, -0.1) is 0 Å². The Balaban J connectivity index is 3.26. The van der Waals surface area contributed by atoms with Crippen molar-refractivity contribution >= 4 is 15.9 Å². The quantitative estimate of drug-likeness (QED) is 0.180. The molecule has 0 heterocycles. The van der Waals surface area contributed by atoms with Crippen LogP contribution >= 0.6 is 0 Å². The van der Waals surface area contributed by atoms with Crippen LogP contribution in [0.2, 0.25) is 0 Å². The largest absolute Gasteiger partial charge is 0.384 e. The fourth-order valence-electron chi connectivity index (χ4n) is 3.48. The summed E-state index contributed by atoms with van der Waals surface area (Å²) in [5.74, 6) is -1.40. The molecule has 6 heteroatoms. The molecule has 0 bridgehead atoms. The number of rotatable bonds is 21. The van der Waals surface area contributed by atoms with E-state index < -0.39 is 27.8 Å². The number of ketones is 1. The van der Waals surface area contributed by atoms with Crippen LogP contribution in [0.15, 0.2) is 0 Å². The normalized spacial score (nSPS) is 13.0. The standard InChI is InChI=1S/C22H44O5S/c1-2-3-4-5-6-7-8-9-10-11-12-13-14-15-16-17-18-19-21(23)22(24)20-28(25,26)27/h22,24H,2-20H2,1H3,(H,25,26,27). The van der Waals surface area contributed by atoms with E-state index in [1.165, 1.54) is 89.9 Å². The first-order chi connectivity index (χ1) is 13.4. The fraction of sp³-hybridized carbons (Fsp3) is 0.955. The SMILES string of the molecule is CCCCCCCCCCCCCCCCCCCC(=O)C(O)CS(=O)(=O)O. The minimum absolute atomic E-state index is 0.176. The van der Waals surface area contributed by atoms with Gasteiger partial charge in [0, 0.05) is 6.42 Å². The molecule has 0 saturated heterocycles. The van der Waals surface area contributed by atoms with Gasteiger partial charge in [0.25, 0.3) is 10.1 Å². The zero-order valence-corrected chi connectivity index (χ0v) is 18.9. The van der Waals surface area contributed by atoms with Gasteiger partial charge >= 0.3 is 0 Å². The first kappa shape index (κ1) is 27.5. The second kappa shape index (κ2) is 18.6. The highest BCUT2D eigenvalue weighted by molar-refractivity contribution is 7.85. The molecule has 0 aromatic heterocycles. The molecule has 1 unspecified atom stereocenters. The molecule has 0 aromatic carbocycles. The molecular formula is C22H44O5S. The van der Waals surface area contributed by atoms with Crippen LogP contribution in [-0.4, -0.2) is 35.7 Å². The minimum Gasteiger partial charge on any atom is -0.384 e. The molecule has 0 amide bonds. The molecule has 0 aromatic rings. The molecule has 0 saturated carbocycles. The summed E-state index contributed by atoms with van der Waals surface area (Å²) in [4.78, 5) is 11.6. The molecule has 1 atom stereocenters. The average Bonchev–Trinajstić information content (AvgIpc) is 2.62. The van der Waals surface area contributed by atoms with Crippen molar-refractivity contribution in [2.75, 3.05) is 5.75 Å². The number of hydrogen-bond donors (Lipinski definition) is 2. The summed E-state index contributed by atoms with van der Waals surface area (Å²) in [6.45, 7) is 2.26. The second-order valence-corrected chi connectivity index (χ2v) is 9.63. The molecule has 0 rings (SSSR count). The van der Waals surface area contributed by atoms with Crippen LogP contribution in [0.25, 0.3) is 0 Å². The molecule has 0 radical (unpaired) electrons. The van der Waals surface area contributed by atoms with Crippen LogP contribution < -0.4 is 0 Å². The smallest absolute Gasteiger partial charge is 0.267 e. The van der Waals surface area contributed by atoms with Crippen molar-refractivity contribution < 1.29 is 22.9 Å². The van der Waals surface area contributed by atoms with Gasteiger partial charge in [0.1, 0.15) is 11.9 Å². The van der Waals surface area contributed by atoms with E-state index in [1.807, 2.05) is 0 Å². The highest BCUT2D eigenvalue weighted by Crippen LogP contribution is 2.14. The zero-order valence-electron chi connectivity index (χ0n) is 18.0. The van der Waals surface area contributed by atoms with E-state index in [1.54, 1.807) is 0 Å². The van der Waals surface area contributed by atoms with E-state index >= 15 is 0 Å². The molecule has 0 aliphatic heterocycles. The van der Waals surface area contributed by atoms with Crippen LogP contribution in [0, 0.1) is 0 Å². The summed E-state index contributed by atoms with van der Waals surface area (Å²) in [6.07, 6.45) is 20.0. The minimum atomic E-state index is -4.30. The van der Waals surface area contributed by atoms with E-state index in [4.69, 9.17) is 4.55 Å². The van der Waals surface area contributed by atoms with E-state index in [0.29, 0.717) is 6.42 Å². The Kier molecular flexibility index (Phi) is 18.3. The molecule has 2 N–H and O–H groups in total. The highest BCUT2D eigenvalue weighted by atomic mass is 32.2. The first-order valence-corrected chi connectivity index (χ1v) is 13.1. The molecule has 0 fully saturated rings. The van der Waals surface area contributed by atoms with Crippen LogP contribution in [-0.2, 0) is 14.9 Å². The molecule has 0 aliphatic carbocycles. The van der Waals surface area contributed by atoms with Gasteiger partial charge in [-0.2, -0.15) is 8.42 Å². The van der Waals surface area contributed by atoms with E-state index in [9.17, 15) is 18.3 Å². The highest BCUT2D eigenvalue weighted by Gasteiger charge is 2.20. The van der Waals surface area contributed by atoms with Gasteiger partial charge < -0.3 is 5.11 Å². The Bertz CT molecular complexity index is 462. The number of aliphatic hydroxyl groups excluding tert-OH is 1. The topological polar surface area (TPSA) is 91.7 Å². The van der Waals surface area contributed by atoms with Gasteiger partial charge in [-0.25, -0.2) is 0 Å². The first-order valence-electron chi connectivity index (χ1n) is 11.5. The van der Waals surface area contributed by atoms with Crippen molar-refractivity contribution in [3.8, 4) is 0 Å². The number of unbranched alkanes of at least 4 members (excludes halogenated alkanes) is 16. The second-order valence-electron chi connectivity index (χ2n) is 8.14. The predicted octanol–water partition coefficient (Wildman–Crippen LogP) is 5.85. The van der Waals surface area contributed by atoms with Crippen molar-refractivity contribution in [1.29, 1.82) is 0 Å². The third-order valence-electron chi connectivity index (χ3n) is 5.27. The maximum atomic E-state index is 11.6. The Morgan fingerprint density at radius 1 is 0.679 bits per heavy atom. The summed E-state index contributed by atoms with van der Waals surface area (Å²) in [5, 5.41) is 9.40. The van der Waals surface area contributed by atoms with E-state index in [0.717, 1.165) is 12.8 Å². The molecule has 5 nitrogen and oxygen atoms in total. The van der Waals surface area contributed by atoms with Crippen LogP contribution in [0.1, 0.15) is 122 Å². The predicted molar refractivity (Wildman–Crippen MR) is 116 cm³/mol. The van der Waals surface area contributed by atoms with Crippen molar-refractivity contribution in [1.82, 2.24) is 0 Å². The van der Waals surface area contributed by atoms with Gasteiger partial charge in [0.2, 0.25) is 0 Å². The van der Waals surface area contributed by atoms with E-state index in [2.05, 4.69) is 6.92 Å². The third-order valence-corrected chi connectivity index (χ3v) is 6.00. The summed E-state index contributed by atoms with van der Waals surface area (Å²) >= 11 is 0. The van der Waals surface area contributed by atoms with Gasteiger partial charge in [-0.3, -0.25) is 9.35 Å². The Labute approximate surface area is 173 Å². The Morgan fingerprint density at radius 2 is 1.00 bits per heavy atom. The zero-order chi connectivity index (χ0) is 21.1. The van der Waals surface area contributed by atoms with Gasteiger partial charge in [0.05, 0.1) is 0 Å². The number of carbonyl (C=O) groups is 1. The van der Waals surface area contributed by atoms with Crippen LogP contribution in [0.4, 0.5) is 0 Å². The summed E-state index contributed by atoms with van der Waals surface area (Å²) in [7, 11) is -4.30. The maximum absolute atomic E-state index is 11.6. The lowest BCUT2D eigenvalue weighted by atomic mass is 10.0. The summed E-state index contributed by atoms with van der Waals surface area (Å²) < 4.78 is 29.9. The summed E-state index contributed by atoms with van der Waals surface area (Å²) in [6, 6.07) is 0. The van der Waals surface area contributed by atoms with Gasteiger partial charge in [-0.05, 0) is 6.42 Å². The molecular weight excluding hydrogens is 376 g/mol. The van der Waals surface area contributed by atoms with Crippen LogP contribution in [0.5, 0.6) is 0 Å². The van der Waals surface area contributed by atoms with Crippen molar-refractivity contribution in [2.45, 2.75) is 129 Å². The van der Waals surface area contributed by atoms with Crippen molar-refractivity contribution in [3.05, 3.63) is 0 Å². The van der Waals surface area contributed by atoms with Gasteiger partial charge in [-0.1, -0.05) is 110 Å². The lowest BCUT2D eigenvalue weighted by molar-refractivity contribution is -0.126. The molecule has 168 valence electrons.